The summed E-state index contributed by atoms with van der Waals surface area (Å²) in [7, 11) is 0. The van der Waals surface area contributed by atoms with Crippen molar-refractivity contribution in [3.05, 3.63) is 69.6 Å². The SMILES string of the molecule is Ic1ccc2c(c1)[C@@H]1C=CC[C@@H]1[C@@H](c1cccnc1)N2. The number of anilines is 1. The van der Waals surface area contributed by atoms with Gasteiger partial charge < -0.3 is 5.32 Å². The van der Waals surface area contributed by atoms with Gasteiger partial charge in [0.1, 0.15) is 0 Å². The van der Waals surface area contributed by atoms with Crippen LogP contribution in [-0.4, -0.2) is 4.98 Å². The Hall–Kier alpha value is -1.36. The van der Waals surface area contributed by atoms with Crippen molar-refractivity contribution in [2.75, 3.05) is 5.32 Å². The number of aromatic nitrogens is 1. The second-order valence-corrected chi connectivity index (χ2v) is 6.74. The molecule has 3 atom stereocenters. The van der Waals surface area contributed by atoms with Gasteiger partial charge in [0.2, 0.25) is 0 Å². The molecule has 3 heteroatoms. The summed E-state index contributed by atoms with van der Waals surface area (Å²) in [5.41, 5.74) is 4.00. The van der Waals surface area contributed by atoms with Crippen LogP contribution < -0.4 is 5.32 Å². The van der Waals surface area contributed by atoms with Crippen molar-refractivity contribution in [1.29, 1.82) is 0 Å². The Morgan fingerprint density at radius 3 is 3.05 bits per heavy atom. The standard InChI is InChI=1S/C17H15IN2/c18-12-6-7-16-15(9-12)13-4-1-5-14(13)17(20-16)11-3-2-8-19-10-11/h1-4,6-10,13-14,17,20H,5H2/t13-,14+,17-/m1/s1. The molecule has 1 aromatic carbocycles. The van der Waals surface area contributed by atoms with E-state index in [-0.39, 0.29) is 0 Å². The van der Waals surface area contributed by atoms with E-state index >= 15 is 0 Å². The molecule has 0 radical (unpaired) electrons. The molecule has 0 saturated heterocycles. The van der Waals surface area contributed by atoms with Gasteiger partial charge in [-0.15, -0.1) is 0 Å². The summed E-state index contributed by atoms with van der Waals surface area (Å²) >= 11 is 2.39. The van der Waals surface area contributed by atoms with Gasteiger partial charge in [-0.1, -0.05) is 18.2 Å². The molecule has 0 amide bonds. The highest BCUT2D eigenvalue weighted by Gasteiger charge is 2.37. The van der Waals surface area contributed by atoms with Gasteiger partial charge in [-0.25, -0.2) is 0 Å². The third-order valence-electron chi connectivity index (χ3n) is 4.37. The fourth-order valence-corrected chi connectivity index (χ4v) is 3.97. The van der Waals surface area contributed by atoms with Crippen LogP contribution in [0.5, 0.6) is 0 Å². The lowest BCUT2D eigenvalue weighted by atomic mass is 9.77. The molecule has 2 aromatic rings. The quantitative estimate of drug-likeness (QED) is 0.587. The number of hydrogen-bond donors (Lipinski definition) is 1. The van der Waals surface area contributed by atoms with Gasteiger partial charge in [0.25, 0.3) is 0 Å². The molecule has 0 saturated carbocycles. The number of benzene rings is 1. The van der Waals surface area contributed by atoms with Gasteiger partial charge in [-0.2, -0.15) is 0 Å². The first-order chi connectivity index (χ1) is 9.83. The zero-order chi connectivity index (χ0) is 13.5. The van der Waals surface area contributed by atoms with Crippen LogP contribution in [-0.2, 0) is 0 Å². The molecule has 0 spiro atoms. The molecule has 2 aliphatic rings. The highest BCUT2D eigenvalue weighted by Crippen LogP contribution is 2.49. The molecule has 2 heterocycles. The van der Waals surface area contributed by atoms with E-state index in [0.717, 1.165) is 6.42 Å². The molecular weight excluding hydrogens is 359 g/mol. The summed E-state index contributed by atoms with van der Waals surface area (Å²) in [5.74, 6) is 1.14. The van der Waals surface area contributed by atoms with Crippen LogP contribution in [0.25, 0.3) is 0 Å². The van der Waals surface area contributed by atoms with Crippen LogP contribution in [0.15, 0.2) is 54.9 Å². The van der Waals surface area contributed by atoms with E-state index in [0.29, 0.717) is 17.9 Å². The van der Waals surface area contributed by atoms with E-state index in [1.165, 1.54) is 20.4 Å². The summed E-state index contributed by atoms with van der Waals surface area (Å²) in [4.78, 5) is 4.28. The van der Waals surface area contributed by atoms with Crippen molar-refractivity contribution in [1.82, 2.24) is 4.98 Å². The summed E-state index contributed by atoms with van der Waals surface area (Å²) < 4.78 is 1.31. The molecule has 100 valence electrons. The largest absolute Gasteiger partial charge is 0.378 e. The molecule has 1 aliphatic heterocycles. The Kier molecular flexibility index (Phi) is 3.02. The van der Waals surface area contributed by atoms with E-state index in [1.807, 2.05) is 18.5 Å². The fraction of sp³-hybridized carbons (Fsp3) is 0.235. The molecule has 0 unspecified atom stereocenters. The zero-order valence-electron chi connectivity index (χ0n) is 11.0. The van der Waals surface area contributed by atoms with E-state index in [2.05, 4.69) is 69.3 Å². The minimum absolute atomic E-state index is 0.358. The molecule has 1 aliphatic carbocycles. The van der Waals surface area contributed by atoms with E-state index in [9.17, 15) is 0 Å². The third-order valence-corrected chi connectivity index (χ3v) is 5.04. The highest BCUT2D eigenvalue weighted by molar-refractivity contribution is 14.1. The number of hydrogen-bond acceptors (Lipinski definition) is 2. The maximum absolute atomic E-state index is 4.28. The van der Waals surface area contributed by atoms with Gasteiger partial charge in [-0.3, -0.25) is 4.98 Å². The van der Waals surface area contributed by atoms with Crippen LogP contribution in [0, 0.1) is 9.49 Å². The normalized spacial score (nSPS) is 26.8. The molecule has 20 heavy (non-hydrogen) atoms. The summed E-state index contributed by atoms with van der Waals surface area (Å²) in [6.45, 7) is 0. The third kappa shape index (κ3) is 1.95. The average Bonchev–Trinajstić information content (AvgIpc) is 2.97. The van der Waals surface area contributed by atoms with Crippen molar-refractivity contribution in [2.24, 2.45) is 5.92 Å². The number of fused-ring (bicyclic) bond motifs is 3. The average molecular weight is 374 g/mol. The van der Waals surface area contributed by atoms with Gasteiger partial charge in [-0.05, 0) is 70.3 Å². The number of nitrogens with zero attached hydrogens (tertiary/aromatic N) is 1. The van der Waals surface area contributed by atoms with Crippen LogP contribution in [0.3, 0.4) is 0 Å². The van der Waals surface area contributed by atoms with Crippen molar-refractivity contribution in [3.8, 4) is 0 Å². The lowest BCUT2D eigenvalue weighted by Gasteiger charge is -2.37. The van der Waals surface area contributed by atoms with Crippen molar-refractivity contribution in [3.63, 3.8) is 0 Å². The first-order valence-electron chi connectivity index (χ1n) is 6.95. The maximum atomic E-state index is 4.28. The van der Waals surface area contributed by atoms with Crippen molar-refractivity contribution < 1.29 is 0 Å². The smallest absolute Gasteiger partial charge is 0.0569 e. The summed E-state index contributed by atoms with van der Waals surface area (Å²) in [5, 5.41) is 3.73. The number of halogens is 1. The Morgan fingerprint density at radius 1 is 1.25 bits per heavy atom. The Balaban J connectivity index is 1.80. The first-order valence-corrected chi connectivity index (χ1v) is 8.03. The van der Waals surface area contributed by atoms with E-state index in [4.69, 9.17) is 0 Å². The van der Waals surface area contributed by atoms with Crippen LogP contribution in [0.1, 0.15) is 29.5 Å². The second-order valence-electron chi connectivity index (χ2n) is 5.49. The maximum Gasteiger partial charge on any atom is 0.0569 e. The molecule has 0 bridgehead atoms. The van der Waals surface area contributed by atoms with Crippen LogP contribution >= 0.6 is 22.6 Å². The highest BCUT2D eigenvalue weighted by atomic mass is 127. The van der Waals surface area contributed by atoms with Crippen molar-refractivity contribution in [2.45, 2.75) is 18.4 Å². The monoisotopic (exact) mass is 374 g/mol. The number of rotatable bonds is 1. The zero-order valence-corrected chi connectivity index (χ0v) is 13.1. The van der Waals surface area contributed by atoms with Crippen molar-refractivity contribution >= 4 is 28.3 Å². The van der Waals surface area contributed by atoms with E-state index < -0.39 is 0 Å². The van der Waals surface area contributed by atoms with E-state index in [1.54, 1.807) is 0 Å². The Morgan fingerprint density at radius 2 is 2.20 bits per heavy atom. The molecule has 0 fully saturated rings. The van der Waals surface area contributed by atoms with Gasteiger partial charge >= 0.3 is 0 Å². The minimum atomic E-state index is 0.358. The second kappa shape index (κ2) is 4.88. The Labute approximate surface area is 132 Å². The lowest BCUT2D eigenvalue weighted by molar-refractivity contribution is 0.425. The number of nitrogens with one attached hydrogen (secondary N) is 1. The fourth-order valence-electron chi connectivity index (χ4n) is 3.46. The van der Waals surface area contributed by atoms with Gasteiger partial charge in [0.05, 0.1) is 6.04 Å². The van der Waals surface area contributed by atoms with Gasteiger partial charge in [0, 0.05) is 27.6 Å². The number of allylic oxidation sites excluding steroid dienone is 2. The summed E-state index contributed by atoms with van der Waals surface area (Å²) in [6, 6.07) is 11.3. The van der Waals surface area contributed by atoms with Gasteiger partial charge in [0.15, 0.2) is 0 Å². The molecule has 4 rings (SSSR count). The van der Waals surface area contributed by atoms with Crippen LogP contribution in [0.4, 0.5) is 5.69 Å². The predicted molar refractivity (Wildman–Crippen MR) is 89.7 cm³/mol. The lowest BCUT2D eigenvalue weighted by Crippen LogP contribution is -2.29. The molecule has 1 N–H and O–H groups in total. The molecule has 2 nitrogen and oxygen atoms in total. The molecular formula is C17H15IN2. The topological polar surface area (TPSA) is 24.9 Å². The first kappa shape index (κ1) is 12.4. The minimum Gasteiger partial charge on any atom is -0.378 e. The Bertz CT molecular complexity index is 666. The summed E-state index contributed by atoms with van der Waals surface area (Å²) in [6.07, 6.45) is 9.68. The predicted octanol–water partition coefficient (Wildman–Crippen LogP) is 4.51. The molecule has 1 aromatic heterocycles. The van der Waals surface area contributed by atoms with Crippen LogP contribution in [0.2, 0.25) is 0 Å². The number of pyridine rings is 1.